The standard InChI is InChI=1S/C26H26ClN5O4/c27-22-21(24(28)33)20-16-31(10-11-32(20)23(22)17-4-2-1-3-5-17)26(35)29-19-8-6-18(7-9-19)25(34)30-12-14-36-15-13-30/h1-9H,10-16H2,(H2,28,33)(H,29,35). The van der Waals surface area contributed by atoms with E-state index in [2.05, 4.69) is 5.32 Å². The highest BCUT2D eigenvalue weighted by molar-refractivity contribution is 6.36. The van der Waals surface area contributed by atoms with Gasteiger partial charge in [-0.2, -0.15) is 0 Å². The first-order chi connectivity index (χ1) is 17.4. The van der Waals surface area contributed by atoms with Gasteiger partial charge in [-0.05, 0) is 29.8 Å². The maximum atomic E-state index is 13.1. The smallest absolute Gasteiger partial charge is 0.322 e. The highest BCUT2D eigenvalue weighted by atomic mass is 35.5. The van der Waals surface area contributed by atoms with Crippen LogP contribution in [0.4, 0.5) is 10.5 Å². The van der Waals surface area contributed by atoms with E-state index in [1.807, 2.05) is 34.9 Å². The van der Waals surface area contributed by atoms with E-state index in [4.69, 9.17) is 22.1 Å². The Labute approximate surface area is 213 Å². The second-order valence-corrected chi connectivity index (χ2v) is 9.08. The minimum Gasteiger partial charge on any atom is -0.378 e. The van der Waals surface area contributed by atoms with Crippen LogP contribution in [0.15, 0.2) is 54.6 Å². The molecule has 0 bridgehead atoms. The monoisotopic (exact) mass is 507 g/mol. The molecule has 2 aromatic carbocycles. The molecule has 10 heteroatoms. The van der Waals surface area contributed by atoms with Gasteiger partial charge in [-0.1, -0.05) is 41.9 Å². The molecular weight excluding hydrogens is 482 g/mol. The minimum absolute atomic E-state index is 0.0574. The van der Waals surface area contributed by atoms with E-state index in [0.717, 1.165) is 11.3 Å². The number of ether oxygens (including phenoxy) is 1. The van der Waals surface area contributed by atoms with Crippen molar-refractivity contribution in [2.75, 3.05) is 38.2 Å². The third kappa shape index (κ3) is 4.55. The number of nitrogens with zero attached hydrogens (tertiary/aromatic N) is 3. The Kier molecular flexibility index (Phi) is 6.67. The lowest BCUT2D eigenvalue weighted by molar-refractivity contribution is 0.0303. The second-order valence-electron chi connectivity index (χ2n) is 8.70. The summed E-state index contributed by atoms with van der Waals surface area (Å²) in [5, 5.41) is 3.17. The topological polar surface area (TPSA) is 110 Å². The SMILES string of the molecule is NC(=O)c1c(Cl)c(-c2ccccc2)n2c1CN(C(=O)Nc1ccc(C(=O)N3CCOCC3)cc1)CC2. The van der Waals surface area contributed by atoms with Crippen molar-refractivity contribution in [3.63, 3.8) is 0 Å². The van der Waals surface area contributed by atoms with Gasteiger partial charge in [0.1, 0.15) is 0 Å². The molecule has 36 heavy (non-hydrogen) atoms. The fourth-order valence-corrected chi connectivity index (χ4v) is 5.09. The first-order valence-corrected chi connectivity index (χ1v) is 12.1. The van der Waals surface area contributed by atoms with Crippen molar-refractivity contribution in [2.24, 2.45) is 5.73 Å². The zero-order valence-electron chi connectivity index (χ0n) is 19.6. The Morgan fingerprint density at radius 2 is 1.58 bits per heavy atom. The predicted octanol–water partition coefficient (Wildman–Crippen LogP) is 3.43. The fraction of sp³-hybridized carbons (Fsp3) is 0.269. The van der Waals surface area contributed by atoms with Crippen molar-refractivity contribution in [1.29, 1.82) is 0 Å². The molecule has 5 rings (SSSR count). The molecule has 1 saturated heterocycles. The molecule has 9 nitrogen and oxygen atoms in total. The summed E-state index contributed by atoms with van der Waals surface area (Å²) < 4.78 is 7.26. The van der Waals surface area contributed by atoms with Gasteiger partial charge in [-0.25, -0.2) is 4.79 Å². The van der Waals surface area contributed by atoms with Crippen LogP contribution in [0.25, 0.3) is 11.3 Å². The summed E-state index contributed by atoms with van der Waals surface area (Å²) in [5.74, 6) is -0.688. The summed E-state index contributed by atoms with van der Waals surface area (Å²) >= 11 is 6.62. The summed E-state index contributed by atoms with van der Waals surface area (Å²) in [6.45, 7) is 3.28. The molecule has 3 N–H and O–H groups in total. The Hall–Kier alpha value is -3.82. The van der Waals surface area contributed by atoms with Crippen LogP contribution < -0.4 is 11.1 Å². The Morgan fingerprint density at radius 1 is 0.889 bits per heavy atom. The second kappa shape index (κ2) is 10.0. The number of rotatable bonds is 4. The Morgan fingerprint density at radius 3 is 2.25 bits per heavy atom. The number of hydrogen-bond donors (Lipinski definition) is 2. The number of aromatic nitrogens is 1. The van der Waals surface area contributed by atoms with Gasteiger partial charge in [0, 0.05) is 37.4 Å². The summed E-state index contributed by atoms with van der Waals surface area (Å²) in [6, 6.07) is 16.0. The number of primary amides is 1. The fourth-order valence-electron chi connectivity index (χ4n) is 4.68. The summed E-state index contributed by atoms with van der Waals surface area (Å²) in [5.41, 5.74) is 9.24. The maximum Gasteiger partial charge on any atom is 0.322 e. The number of carbonyl (C=O) groups is 3. The molecule has 0 unspecified atom stereocenters. The van der Waals surface area contributed by atoms with E-state index in [1.165, 1.54) is 0 Å². The van der Waals surface area contributed by atoms with Crippen molar-refractivity contribution < 1.29 is 19.1 Å². The van der Waals surface area contributed by atoms with E-state index in [-0.39, 0.29) is 24.0 Å². The van der Waals surface area contributed by atoms with Gasteiger partial charge in [0.15, 0.2) is 0 Å². The van der Waals surface area contributed by atoms with Gasteiger partial charge in [-0.15, -0.1) is 0 Å². The third-order valence-corrected chi connectivity index (χ3v) is 6.88. The first-order valence-electron chi connectivity index (χ1n) is 11.7. The number of nitrogens with two attached hydrogens (primary N) is 1. The van der Waals surface area contributed by atoms with Gasteiger partial charge in [0.25, 0.3) is 11.8 Å². The quantitative estimate of drug-likeness (QED) is 0.563. The van der Waals surface area contributed by atoms with Crippen molar-refractivity contribution in [2.45, 2.75) is 13.1 Å². The molecule has 0 saturated carbocycles. The van der Waals surface area contributed by atoms with Crippen LogP contribution in [0.3, 0.4) is 0 Å². The zero-order chi connectivity index (χ0) is 25.2. The highest BCUT2D eigenvalue weighted by Crippen LogP contribution is 2.37. The van der Waals surface area contributed by atoms with Gasteiger partial charge < -0.3 is 30.2 Å². The molecule has 1 aromatic heterocycles. The van der Waals surface area contributed by atoms with Crippen molar-refractivity contribution in [3.05, 3.63) is 76.4 Å². The average Bonchev–Trinajstić information content (AvgIpc) is 3.20. The van der Waals surface area contributed by atoms with Gasteiger partial charge in [0.2, 0.25) is 0 Å². The minimum atomic E-state index is -0.631. The third-order valence-electron chi connectivity index (χ3n) is 6.51. The Balaban J connectivity index is 1.32. The molecule has 4 amide bonds. The van der Waals surface area contributed by atoms with Crippen molar-refractivity contribution >= 4 is 35.1 Å². The molecule has 2 aliphatic rings. The molecule has 1 fully saturated rings. The van der Waals surface area contributed by atoms with Gasteiger partial charge in [0.05, 0.1) is 41.7 Å². The summed E-state index contributed by atoms with van der Waals surface area (Å²) in [7, 11) is 0. The predicted molar refractivity (Wildman–Crippen MR) is 136 cm³/mol. The van der Waals surface area contributed by atoms with Crippen LogP contribution in [-0.2, 0) is 17.8 Å². The summed E-state index contributed by atoms with van der Waals surface area (Å²) in [4.78, 5) is 41.3. The number of halogens is 1. The molecule has 0 radical (unpaired) electrons. The Bertz CT molecular complexity index is 1300. The number of morpholine rings is 1. The van der Waals surface area contributed by atoms with Crippen LogP contribution in [0.1, 0.15) is 26.4 Å². The number of nitrogens with one attached hydrogen (secondary N) is 1. The van der Waals surface area contributed by atoms with Crippen molar-refractivity contribution in [3.8, 4) is 11.3 Å². The lowest BCUT2D eigenvalue weighted by Crippen LogP contribution is -2.41. The lowest BCUT2D eigenvalue weighted by atomic mass is 10.1. The van der Waals surface area contributed by atoms with E-state index < -0.39 is 5.91 Å². The maximum absolute atomic E-state index is 13.1. The number of amides is 4. The number of carbonyl (C=O) groups excluding carboxylic acids is 3. The summed E-state index contributed by atoms with van der Waals surface area (Å²) in [6.07, 6.45) is 0. The van der Waals surface area contributed by atoms with E-state index in [9.17, 15) is 14.4 Å². The van der Waals surface area contributed by atoms with Gasteiger partial charge >= 0.3 is 6.03 Å². The molecule has 0 spiro atoms. The van der Waals surface area contributed by atoms with E-state index in [0.29, 0.717) is 61.4 Å². The van der Waals surface area contributed by atoms with Crippen LogP contribution in [0.2, 0.25) is 5.02 Å². The normalized spacial score (nSPS) is 15.4. The molecule has 0 atom stereocenters. The largest absolute Gasteiger partial charge is 0.378 e. The number of urea groups is 1. The number of fused-ring (bicyclic) bond motifs is 1. The molecule has 3 heterocycles. The molecule has 186 valence electrons. The van der Waals surface area contributed by atoms with Crippen LogP contribution in [0, 0.1) is 0 Å². The number of benzene rings is 2. The van der Waals surface area contributed by atoms with Gasteiger partial charge in [-0.3, -0.25) is 9.59 Å². The molecule has 3 aromatic rings. The molecule has 0 aliphatic carbocycles. The van der Waals surface area contributed by atoms with Crippen molar-refractivity contribution in [1.82, 2.24) is 14.4 Å². The number of hydrogen-bond acceptors (Lipinski definition) is 4. The number of anilines is 1. The van der Waals surface area contributed by atoms with Crippen LogP contribution in [0.5, 0.6) is 0 Å². The van der Waals surface area contributed by atoms with E-state index >= 15 is 0 Å². The average molecular weight is 508 g/mol. The first kappa shape index (κ1) is 23.9. The van der Waals surface area contributed by atoms with Crippen LogP contribution >= 0.6 is 11.6 Å². The molecular formula is C26H26ClN5O4. The zero-order valence-corrected chi connectivity index (χ0v) is 20.3. The van der Waals surface area contributed by atoms with E-state index in [1.54, 1.807) is 34.1 Å². The molecule has 2 aliphatic heterocycles. The van der Waals surface area contributed by atoms with Crippen LogP contribution in [-0.4, -0.2) is 65.1 Å². The lowest BCUT2D eigenvalue weighted by Gasteiger charge is -2.30. The highest BCUT2D eigenvalue weighted by Gasteiger charge is 2.31.